The van der Waals surface area contributed by atoms with Crippen molar-refractivity contribution < 1.29 is 22.7 Å². The smallest absolute Gasteiger partial charge is 0.241 e. The molecule has 2 aromatic rings. The molecule has 138 valence electrons. The van der Waals surface area contributed by atoms with Crippen molar-refractivity contribution in [3.8, 4) is 11.5 Å². The van der Waals surface area contributed by atoms with Crippen LogP contribution in [0, 0.1) is 0 Å². The van der Waals surface area contributed by atoms with E-state index in [4.69, 9.17) is 9.47 Å². The average molecular weight is 376 g/mol. The molecule has 0 aromatic heterocycles. The lowest BCUT2D eigenvalue weighted by atomic mass is 10.1. The summed E-state index contributed by atoms with van der Waals surface area (Å²) in [5, 5.41) is 2.82. The van der Waals surface area contributed by atoms with Gasteiger partial charge in [-0.3, -0.25) is 9.10 Å². The standard InChI is InChI=1S/C18H20N2O5S/c1-13(14-6-4-3-5-7-14)19-18(21)11-20(26(2,22)23)15-8-9-16-17(10-15)25-12-24-16/h3-10,13H,11-12H2,1-2H3,(H,19,21)/t13-/m0/s1. The van der Waals surface area contributed by atoms with Gasteiger partial charge in [0.25, 0.3) is 0 Å². The van der Waals surface area contributed by atoms with Gasteiger partial charge in [0.05, 0.1) is 18.0 Å². The summed E-state index contributed by atoms with van der Waals surface area (Å²) >= 11 is 0. The Kier molecular flexibility index (Phi) is 5.03. The number of sulfonamides is 1. The zero-order valence-electron chi connectivity index (χ0n) is 14.5. The van der Waals surface area contributed by atoms with Gasteiger partial charge in [-0.1, -0.05) is 30.3 Å². The lowest BCUT2D eigenvalue weighted by molar-refractivity contribution is -0.120. The Balaban J connectivity index is 1.76. The molecule has 0 bridgehead atoms. The SMILES string of the molecule is C[C@H](NC(=O)CN(c1ccc2c(c1)OCO2)S(C)(=O)=O)c1ccccc1. The van der Waals surface area contributed by atoms with Crippen LogP contribution < -0.4 is 19.1 Å². The molecular weight excluding hydrogens is 356 g/mol. The molecule has 0 spiro atoms. The molecule has 1 heterocycles. The van der Waals surface area contributed by atoms with Crippen LogP contribution >= 0.6 is 0 Å². The molecule has 1 aliphatic rings. The minimum atomic E-state index is -3.65. The molecule has 0 aliphatic carbocycles. The molecule has 3 rings (SSSR count). The normalized spacial score (nSPS) is 13.9. The van der Waals surface area contributed by atoms with E-state index in [1.807, 2.05) is 37.3 Å². The first-order valence-corrected chi connectivity index (χ1v) is 9.91. The molecule has 0 radical (unpaired) electrons. The second kappa shape index (κ2) is 7.25. The minimum absolute atomic E-state index is 0.0900. The molecule has 2 aromatic carbocycles. The predicted octanol–water partition coefficient (Wildman–Crippen LogP) is 2.06. The number of carbonyl (C=O) groups excluding carboxylic acids is 1. The van der Waals surface area contributed by atoms with Crippen molar-refractivity contribution in [1.82, 2.24) is 5.32 Å². The Labute approximate surface area is 152 Å². The number of rotatable bonds is 6. The third-order valence-corrected chi connectivity index (χ3v) is 5.15. The molecule has 7 nitrogen and oxygen atoms in total. The van der Waals surface area contributed by atoms with Crippen molar-refractivity contribution in [3.05, 3.63) is 54.1 Å². The summed E-state index contributed by atoms with van der Waals surface area (Å²) in [5.41, 5.74) is 1.29. The minimum Gasteiger partial charge on any atom is -0.454 e. The van der Waals surface area contributed by atoms with E-state index in [9.17, 15) is 13.2 Å². The number of nitrogens with zero attached hydrogens (tertiary/aromatic N) is 1. The first-order chi connectivity index (χ1) is 12.3. The Morgan fingerprint density at radius 1 is 1.15 bits per heavy atom. The van der Waals surface area contributed by atoms with Crippen LogP contribution in [0.5, 0.6) is 11.5 Å². The number of fused-ring (bicyclic) bond motifs is 1. The van der Waals surface area contributed by atoms with E-state index in [0.717, 1.165) is 16.1 Å². The number of amides is 1. The highest BCUT2D eigenvalue weighted by atomic mass is 32.2. The van der Waals surface area contributed by atoms with Gasteiger partial charge in [-0.05, 0) is 24.6 Å². The van der Waals surface area contributed by atoms with Gasteiger partial charge in [0.1, 0.15) is 6.54 Å². The van der Waals surface area contributed by atoms with Crippen molar-refractivity contribution in [3.63, 3.8) is 0 Å². The van der Waals surface area contributed by atoms with Crippen molar-refractivity contribution in [2.75, 3.05) is 23.9 Å². The van der Waals surface area contributed by atoms with E-state index in [1.165, 1.54) is 0 Å². The van der Waals surface area contributed by atoms with Crippen LogP contribution in [-0.2, 0) is 14.8 Å². The fourth-order valence-electron chi connectivity index (χ4n) is 2.68. The molecule has 1 atom stereocenters. The molecule has 0 fully saturated rings. The highest BCUT2D eigenvalue weighted by Crippen LogP contribution is 2.36. The third kappa shape index (κ3) is 4.08. The molecule has 26 heavy (non-hydrogen) atoms. The van der Waals surface area contributed by atoms with Gasteiger partial charge in [0, 0.05) is 6.07 Å². The molecule has 0 unspecified atom stereocenters. The number of hydrogen-bond acceptors (Lipinski definition) is 5. The molecule has 1 amide bonds. The Hall–Kier alpha value is -2.74. The summed E-state index contributed by atoms with van der Waals surface area (Å²) < 4.78 is 36.0. The topological polar surface area (TPSA) is 84.9 Å². The Bertz CT molecular complexity index is 899. The summed E-state index contributed by atoms with van der Waals surface area (Å²) in [5.74, 6) is 0.600. The van der Waals surface area contributed by atoms with Crippen LogP contribution in [0.3, 0.4) is 0 Å². The average Bonchev–Trinajstić information content (AvgIpc) is 3.07. The highest BCUT2D eigenvalue weighted by Gasteiger charge is 2.24. The van der Waals surface area contributed by atoms with E-state index >= 15 is 0 Å². The summed E-state index contributed by atoms with van der Waals surface area (Å²) in [7, 11) is -3.65. The lowest BCUT2D eigenvalue weighted by Crippen LogP contribution is -2.41. The van der Waals surface area contributed by atoms with E-state index in [0.29, 0.717) is 17.2 Å². The summed E-state index contributed by atoms with van der Waals surface area (Å²) in [6.07, 6.45) is 1.06. The third-order valence-electron chi connectivity index (χ3n) is 4.01. The molecular formula is C18H20N2O5S. The fourth-order valence-corrected chi connectivity index (χ4v) is 3.53. The zero-order valence-corrected chi connectivity index (χ0v) is 15.3. The maximum atomic E-state index is 12.4. The molecule has 1 N–H and O–H groups in total. The molecule has 1 aliphatic heterocycles. The number of benzene rings is 2. The quantitative estimate of drug-likeness (QED) is 0.834. The maximum Gasteiger partial charge on any atom is 0.241 e. The van der Waals surface area contributed by atoms with E-state index in [1.54, 1.807) is 18.2 Å². The van der Waals surface area contributed by atoms with Crippen LogP contribution in [-0.4, -0.2) is 33.9 Å². The number of hydrogen-bond donors (Lipinski definition) is 1. The van der Waals surface area contributed by atoms with Gasteiger partial charge in [0.15, 0.2) is 11.5 Å². The highest BCUT2D eigenvalue weighted by molar-refractivity contribution is 7.92. The summed E-state index contributed by atoms with van der Waals surface area (Å²) in [6, 6.07) is 14.0. The van der Waals surface area contributed by atoms with Gasteiger partial charge < -0.3 is 14.8 Å². The first-order valence-electron chi connectivity index (χ1n) is 8.06. The largest absolute Gasteiger partial charge is 0.454 e. The second-order valence-electron chi connectivity index (χ2n) is 6.01. The van der Waals surface area contributed by atoms with Gasteiger partial charge in [-0.15, -0.1) is 0 Å². The number of ether oxygens (including phenoxy) is 2. The van der Waals surface area contributed by atoms with Crippen LogP contribution in [0.4, 0.5) is 5.69 Å². The van der Waals surface area contributed by atoms with Gasteiger partial charge in [-0.25, -0.2) is 8.42 Å². The summed E-state index contributed by atoms with van der Waals surface area (Å²) in [6.45, 7) is 1.61. The zero-order chi connectivity index (χ0) is 18.7. The van der Waals surface area contributed by atoms with Crippen molar-refractivity contribution in [2.45, 2.75) is 13.0 Å². The number of anilines is 1. The molecule has 0 saturated heterocycles. The number of carbonyl (C=O) groups is 1. The van der Waals surface area contributed by atoms with Crippen molar-refractivity contribution in [1.29, 1.82) is 0 Å². The maximum absolute atomic E-state index is 12.4. The fraction of sp³-hybridized carbons (Fsp3) is 0.278. The van der Waals surface area contributed by atoms with Crippen LogP contribution in [0.1, 0.15) is 18.5 Å². The van der Waals surface area contributed by atoms with Crippen molar-refractivity contribution >= 4 is 21.6 Å². The van der Waals surface area contributed by atoms with Gasteiger partial charge >= 0.3 is 0 Å². The van der Waals surface area contributed by atoms with E-state index < -0.39 is 15.9 Å². The molecule has 0 saturated carbocycles. The van der Waals surface area contributed by atoms with E-state index in [2.05, 4.69) is 5.32 Å². The Morgan fingerprint density at radius 3 is 2.54 bits per heavy atom. The van der Waals surface area contributed by atoms with Crippen molar-refractivity contribution in [2.24, 2.45) is 0 Å². The van der Waals surface area contributed by atoms with Crippen LogP contribution in [0.2, 0.25) is 0 Å². The molecule has 8 heteroatoms. The van der Waals surface area contributed by atoms with Gasteiger partial charge in [0.2, 0.25) is 22.7 Å². The predicted molar refractivity (Wildman–Crippen MR) is 97.8 cm³/mol. The van der Waals surface area contributed by atoms with Crippen LogP contribution in [0.25, 0.3) is 0 Å². The lowest BCUT2D eigenvalue weighted by Gasteiger charge is -2.23. The second-order valence-corrected chi connectivity index (χ2v) is 7.91. The van der Waals surface area contributed by atoms with Crippen LogP contribution in [0.15, 0.2) is 48.5 Å². The van der Waals surface area contributed by atoms with E-state index in [-0.39, 0.29) is 19.4 Å². The number of nitrogens with one attached hydrogen (secondary N) is 1. The van der Waals surface area contributed by atoms with Gasteiger partial charge in [-0.2, -0.15) is 0 Å². The monoisotopic (exact) mass is 376 g/mol. The first kappa shape index (κ1) is 18.1. The Morgan fingerprint density at radius 2 is 1.85 bits per heavy atom. The summed E-state index contributed by atoms with van der Waals surface area (Å²) in [4.78, 5) is 12.4.